The number of carbonyl (C=O) groups is 2. The smallest absolute Gasteiger partial charge is 0.305 e. The largest absolute Gasteiger partial charge is 0.481 e. The summed E-state index contributed by atoms with van der Waals surface area (Å²) in [4.78, 5) is 23.5. The molecule has 120 valence electrons. The third kappa shape index (κ3) is 4.31. The lowest BCUT2D eigenvalue weighted by Crippen LogP contribution is -2.53. The van der Waals surface area contributed by atoms with Gasteiger partial charge in [0.15, 0.2) is 0 Å². The first-order chi connectivity index (χ1) is 10.5. The Balaban J connectivity index is 2.06. The van der Waals surface area contributed by atoms with E-state index in [0.29, 0.717) is 26.1 Å². The fourth-order valence-electron chi connectivity index (χ4n) is 2.99. The van der Waals surface area contributed by atoms with Crippen LogP contribution in [0.2, 0.25) is 0 Å². The van der Waals surface area contributed by atoms with Crippen LogP contribution in [-0.4, -0.2) is 35.7 Å². The van der Waals surface area contributed by atoms with Crippen molar-refractivity contribution < 1.29 is 19.4 Å². The van der Waals surface area contributed by atoms with Crippen molar-refractivity contribution in [2.75, 3.05) is 13.2 Å². The van der Waals surface area contributed by atoms with Gasteiger partial charge in [-0.2, -0.15) is 0 Å². The highest BCUT2D eigenvalue weighted by molar-refractivity contribution is 5.81. The standard InChI is InChI=1S/C17H23NO4/c1-2-13-5-3-4-6-14(13)11-15(19)18-17(12-16(20)21)7-9-22-10-8-17/h3-6H,2,7-12H2,1H3,(H,18,19)(H,20,21). The van der Waals surface area contributed by atoms with E-state index in [2.05, 4.69) is 12.2 Å². The Labute approximate surface area is 130 Å². The van der Waals surface area contributed by atoms with Gasteiger partial charge in [0, 0.05) is 13.2 Å². The van der Waals surface area contributed by atoms with E-state index in [1.807, 2.05) is 24.3 Å². The molecule has 1 aromatic rings. The summed E-state index contributed by atoms with van der Waals surface area (Å²) in [5, 5.41) is 12.1. The van der Waals surface area contributed by atoms with Gasteiger partial charge in [0.25, 0.3) is 0 Å². The third-order valence-corrected chi connectivity index (χ3v) is 4.19. The minimum Gasteiger partial charge on any atom is -0.481 e. The number of rotatable bonds is 6. The maximum atomic E-state index is 12.4. The minimum atomic E-state index is -0.892. The Morgan fingerprint density at radius 1 is 1.23 bits per heavy atom. The molecule has 2 N–H and O–H groups in total. The van der Waals surface area contributed by atoms with Crippen molar-refractivity contribution in [1.82, 2.24) is 5.32 Å². The Morgan fingerprint density at radius 3 is 2.45 bits per heavy atom. The average molecular weight is 305 g/mol. The summed E-state index contributed by atoms with van der Waals surface area (Å²) < 4.78 is 5.30. The second-order valence-electron chi connectivity index (χ2n) is 5.81. The van der Waals surface area contributed by atoms with Crippen LogP contribution in [0.5, 0.6) is 0 Å². The molecular formula is C17H23NO4. The number of hydrogen-bond donors (Lipinski definition) is 2. The van der Waals surface area contributed by atoms with Gasteiger partial charge in [-0.05, 0) is 30.4 Å². The van der Waals surface area contributed by atoms with Crippen LogP contribution in [0, 0.1) is 0 Å². The zero-order chi connectivity index (χ0) is 16.0. The van der Waals surface area contributed by atoms with Crippen LogP contribution in [0.3, 0.4) is 0 Å². The molecule has 1 heterocycles. The van der Waals surface area contributed by atoms with Crippen LogP contribution in [0.1, 0.15) is 37.3 Å². The van der Waals surface area contributed by atoms with Crippen molar-refractivity contribution in [2.45, 2.75) is 44.6 Å². The number of aliphatic carboxylic acids is 1. The van der Waals surface area contributed by atoms with Crippen molar-refractivity contribution in [2.24, 2.45) is 0 Å². The monoisotopic (exact) mass is 305 g/mol. The maximum absolute atomic E-state index is 12.4. The first-order valence-corrected chi connectivity index (χ1v) is 7.72. The summed E-state index contributed by atoms with van der Waals surface area (Å²) in [6.45, 7) is 3.03. The zero-order valence-corrected chi connectivity index (χ0v) is 12.9. The molecule has 0 spiro atoms. The van der Waals surface area contributed by atoms with Crippen LogP contribution >= 0.6 is 0 Å². The molecule has 1 aliphatic rings. The number of hydrogen-bond acceptors (Lipinski definition) is 3. The maximum Gasteiger partial charge on any atom is 0.305 e. The Morgan fingerprint density at radius 2 is 1.86 bits per heavy atom. The van der Waals surface area contributed by atoms with Crippen LogP contribution in [0.4, 0.5) is 0 Å². The van der Waals surface area contributed by atoms with E-state index in [0.717, 1.165) is 17.5 Å². The van der Waals surface area contributed by atoms with Gasteiger partial charge >= 0.3 is 5.97 Å². The van der Waals surface area contributed by atoms with Crippen molar-refractivity contribution >= 4 is 11.9 Å². The molecule has 22 heavy (non-hydrogen) atoms. The summed E-state index contributed by atoms with van der Waals surface area (Å²) in [6.07, 6.45) is 2.18. The number of ether oxygens (including phenoxy) is 1. The molecule has 0 aromatic heterocycles. The van der Waals surface area contributed by atoms with E-state index in [-0.39, 0.29) is 18.7 Å². The van der Waals surface area contributed by atoms with Gasteiger partial charge in [0.1, 0.15) is 0 Å². The molecule has 0 unspecified atom stereocenters. The quantitative estimate of drug-likeness (QED) is 0.842. The highest BCUT2D eigenvalue weighted by atomic mass is 16.5. The first kappa shape index (κ1) is 16.5. The number of benzene rings is 1. The third-order valence-electron chi connectivity index (χ3n) is 4.19. The van der Waals surface area contributed by atoms with Crippen molar-refractivity contribution in [1.29, 1.82) is 0 Å². The van der Waals surface area contributed by atoms with Crippen molar-refractivity contribution in [3.8, 4) is 0 Å². The van der Waals surface area contributed by atoms with Gasteiger partial charge in [-0.3, -0.25) is 9.59 Å². The lowest BCUT2D eigenvalue weighted by Gasteiger charge is -2.37. The van der Waals surface area contributed by atoms with Gasteiger partial charge in [-0.15, -0.1) is 0 Å². The molecule has 1 aliphatic heterocycles. The number of nitrogens with one attached hydrogen (secondary N) is 1. The van der Waals surface area contributed by atoms with E-state index in [1.165, 1.54) is 0 Å². The lowest BCUT2D eigenvalue weighted by molar-refractivity contribution is -0.140. The van der Waals surface area contributed by atoms with Crippen LogP contribution in [0.15, 0.2) is 24.3 Å². The molecule has 1 saturated heterocycles. The fraction of sp³-hybridized carbons (Fsp3) is 0.529. The normalized spacial score (nSPS) is 17.0. The fourth-order valence-corrected chi connectivity index (χ4v) is 2.99. The second-order valence-corrected chi connectivity index (χ2v) is 5.81. The van der Waals surface area contributed by atoms with E-state index in [9.17, 15) is 9.59 Å². The van der Waals surface area contributed by atoms with E-state index in [4.69, 9.17) is 9.84 Å². The minimum absolute atomic E-state index is 0.0580. The van der Waals surface area contributed by atoms with E-state index < -0.39 is 11.5 Å². The molecule has 0 saturated carbocycles. The number of carboxylic acids is 1. The molecule has 0 bridgehead atoms. The van der Waals surface area contributed by atoms with Gasteiger partial charge in [-0.1, -0.05) is 31.2 Å². The van der Waals surface area contributed by atoms with Gasteiger partial charge < -0.3 is 15.2 Å². The lowest BCUT2D eigenvalue weighted by atomic mass is 9.86. The Hall–Kier alpha value is -1.88. The molecule has 5 heteroatoms. The molecule has 2 rings (SSSR count). The molecule has 0 aliphatic carbocycles. The number of carbonyl (C=O) groups excluding carboxylic acids is 1. The molecule has 1 amide bonds. The molecular weight excluding hydrogens is 282 g/mol. The zero-order valence-electron chi connectivity index (χ0n) is 12.9. The summed E-state index contributed by atoms with van der Waals surface area (Å²) in [6, 6.07) is 7.85. The highest BCUT2D eigenvalue weighted by Crippen LogP contribution is 2.25. The van der Waals surface area contributed by atoms with Gasteiger partial charge in [-0.25, -0.2) is 0 Å². The van der Waals surface area contributed by atoms with E-state index in [1.54, 1.807) is 0 Å². The molecule has 0 atom stereocenters. The predicted octanol–water partition coefficient (Wildman–Crippen LogP) is 1.93. The molecule has 5 nitrogen and oxygen atoms in total. The van der Waals surface area contributed by atoms with Gasteiger partial charge in [0.05, 0.1) is 18.4 Å². The number of amides is 1. The molecule has 1 aromatic carbocycles. The summed E-state index contributed by atoms with van der Waals surface area (Å²) in [5.41, 5.74) is 1.47. The average Bonchev–Trinajstić information content (AvgIpc) is 2.47. The first-order valence-electron chi connectivity index (χ1n) is 7.72. The van der Waals surface area contributed by atoms with Crippen LogP contribution in [0.25, 0.3) is 0 Å². The van der Waals surface area contributed by atoms with E-state index >= 15 is 0 Å². The molecule has 1 fully saturated rings. The summed E-state index contributed by atoms with van der Waals surface area (Å²) >= 11 is 0. The summed E-state index contributed by atoms with van der Waals surface area (Å²) in [7, 11) is 0. The Bertz CT molecular complexity index is 535. The number of aryl methyl sites for hydroxylation is 1. The second kappa shape index (κ2) is 7.40. The topological polar surface area (TPSA) is 75.6 Å². The SMILES string of the molecule is CCc1ccccc1CC(=O)NC1(CC(=O)O)CCOCC1. The highest BCUT2D eigenvalue weighted by Gasteiger charge is 2.36. The predicted molar refractivity (Wildman–Crippen MR) is 82.7 cm³/mol. The molecule has 0 radical (unpaired) electrons. The van der Waals surface area contributed by atoms with Crippen LogP contribution in [-0.2, 0) is 27.2 Å². The van der Waals surface area contributed by atoms with Crippen molar-refractivity contribution in [3.63, 3.8) is 0 Å². The Kier molecular flexibility index (Phi) is 5.55. The van der Waals surface area contributed by atoms with Crippen molar-refractivity contribution in [3.05, 3.63) is 35.4 Å². The van der Waals surface area contributed by atoms with Gasteiger partial charge in [0.2, 0.25) is 5.91 Å². The number of carboxylic acid groups (broad SMARTS) is 1. The summed E-state index contributed by atoms with van der Waals surface area (Å²) in [5.74, 6) is -1.01. The van der Waals surface area contributed by atoms with Crippen LogP contribution < -0.4 is 5.32 Å².